The normalized spacial score (nSPS) is 19.7. The number of carbonyl (C=O) groups is 1. The van der Waals surface area contributed by atoms with Gasteiger partial charge >= 0.3 is 0 Å². The molecule has 0 aromatic heterocycles. The quantitative estimate of drug-likeness (QED) is 0.722. The van der Waals surface area contributed by atoms with Crippen molar-refractivity contribution >= 4 is 5.91 Å². The number of nitrogens with two attached hydrogens (primary N) is 1. The Labute approximate surface area is 111 Å². The highest BCUT2D eigenvalue weighted by Crippen LogP contribution is 2.23. The van der Waals surface area contributed by atoms with Crippen LogP contribution in [-0.2, 0) is 4.79 Å². The molecule has 106 valence electrons. The van der Waals surface area contributed by atoms with E-state index < -0.39 is 0 Å². The van der Waals surface area contributed by atoms with Crippen molar-refractivity contribution in [1.82, 2.24) is 10.2 Å². The van der Waals surface area contributed by atoms with Crippen LogP contribution in [0.2, 0.25) is 0 Å². The lowest BCUT2D eigenvalue weighted by Crippen LogP contribution is -2.47. The first-order valence-electron chi connectivity index (χ1n) is 7.42. The lowest BCUT2D eigenvalue weighted by atomic mass is 9.91. The van der Waals surface area contributed by atoms with E-state index in [1.54, 1.807) is 0 Å². The summed E-state index contributed by atoms with van der Waals surface area (Å²) in [6, 6.07) is 0.221. The van der Waals surface area contributed by atoms with Crippen molar-refractivity contribution in [3.63, 3.8) is 0 Å². The van der Waals surface area contributed by atoms with Gasteiger partial charge in [-0.25, -0.2) is 0 Å². The lowest BCUT2D eigenvalue weighted by molar-refractivity contribution is -0.122. The van der Waals surface area contributed by atoms with Crippen molar-refractivity contribution in [2.75, 3.05) is 26.2 Å². The molecule has 0 aromatic rings. The van der Waals surface area contributed by atoms with Crippen LogP contribution < -0.4 is 11.1 Å². The zero-order valence-electron chi connectivity index (χ0n) is 12.0. The molecule has 4 nitrogen and oxygen atoms in total. The summed E-state index contributed by atoms with van der Waals surface area (Å²) in [5.41, 5.74) is 5.82. The van der Waals surface area contributed by atoms with Gasteiger partial charge in [-0.2, -0.15) is 0 Å². The molecule has 1 amide bonds. The summed E-state index contributed by atoms with van der Waals surface area (Å²) in [7, 11) is 0. The van der Waals surface area contributed by atoms with Gasteiger partial charge in [0.2, 0.25) is 5.91 Å². The van der Waals surface area contributed by atoms with Crippen LogP contribution in [0.5, 0.6) is 0 Å². The number of piperidine rings is 1. The van der Waals surface area contributed by atoms with Gasteiger partial charge in [-0.1, -0.05) is 19.8 Å². The van der Waals surface area contributed by atoms with Crippen LogP contribution in [0.25, 0.3) is 0 Å². The number of carbonyl (C=O) groups excluding carboxylic acids is 1. The molecule has 1 fully saturated rings. The molecule has 1 unspecified atom stereocenters. The molecule has 0 radical (unpaired) electrons. The fourth-order valence-electron chi connectivity index (χ4n) is 2.86. The van der Waals surface area contributed by atoms with Gasteiger partial charge in [0.1, 0.15) is 0 Å². The van der Waals surface area contributed by atoms with Gasteiger partial charge < -0.3 is 11.1 Å². The summed E-state index contributed by atoms with van der Waals surface area (Å²) in [6.07, 6.45) is 5.70. The Morgan fingerprint density at radius 2 is 2.06 bits per heavy atom. The predicted molar refractivity (Wildman–Crippen MR) is 75.3 cm³/mol. The molecule has 18 heavy (non-hydrogen) atoms. The van der Waals surface area contributed by atoms with E-state index in [9.17, 15) is 4.79 Å². The second-order valence-electron chi connectivity index (χ2n) is 5.32. The van der Waals surface area contributed by atoms with Crippen LogP contribution in [-0.4, -0.2) is 43.0 Å². The van der Waals surface area contributed by atoms with E-state index in [1.165, 1.54) is 25.7 Å². The summed E-state index contributed by atoms with van der Waals surface area (Å²) in [6.45, 7) is 7.69. The van der Waals surface area contributed by atoms with Crippen LogP contribution in [0, 0.1) is 5.92 Å². The Hall–Kier alpha value is -0.610. The minimum Gasteiger partial charge on any atom is -0.356 e. The molecule has 0 aliphatic carbocycles. The predicted octanol–water partition coefficient (Wildman–Crippen LogP) is 1.35. The molecule has 0 bridgehead atoms. The van der Waals surface area contributed by atoms with Crippen LogP contribution >= 0.6 is 0 Å². The van der Waals surface area contributed by atoms with E-state index in [0.29, 0.717) is 19.5 Å². The molecule has 0 spiro atoms. The number of amides is 1. The highest BCUT2D eigenvalue weighted by atomic mass is 16.1. The molecular formula is C14H29N3O. The molecule has 1 rings (SSSR count). The maximum Gasteiger partial charge on any atom is 0.221 e. The standard InChI is InChI=1S/C14H29N3O/c1-3-5-12-6-8-17(9-7-12)13(11-15)10-14(18)16-4-2/h12-13H,3-11,15H2,1-2H3,(H,16,18). The Kier molecular flexibility index (Phi) is 7.28. The molecule has 1 heterocycles. The topological polar surface area (TPSA) is 58.4 Å². The second kappa shape index (κ2) is 8.48. The van der Waals surface area contributed by atoms with Gasteiger partial charge in [-0.15, -0.1) is 0 Å². The first kappa shape index (κ1) is 15.4. The summed E-state index contributed by atoms with van der Waals surface area (Å²) >= 11 is 0. The van der Waals surface area contributed by atoms with Crippen molar-refractivity contribution < 1.29 is 4.79 Å². The number of nitrogens with one attached hydrogen (secondary N) is 1. The first-order chi connectivity index (χ1) is 8.71. The van der Waals surface area contributed by atoms with Crippen molar-refractivity contribution in [1.29, 1.82) is 0 Å². The Morgan fingerprint density at radius 3 is 2.56 bits per heavy atom. The average Bonchev–Trinajstić information content (AvgIpc) is 2.38. The van der Waals surface area contributed by atoms with Crippen LogP contribution in [0.1, 0.15) is 46.0 Å². The van der Waals surface area contributed by atoms with E-state index in [-0.39, 0.29) is 11.9 Å². The number of likely N-dealkylation sites (tertiary alicyclic amines) is 1. The van der Waals surface area contributed by atoms with Crippen molar-refractivity contribution in [3.8, 4) is 0 Å². The highest BCUT2D eigenvalue weighted by Gasteiger charge is 2.25. The van der Waals surface area contributed by atoms with Gasteiger partial charge in [0.05, 0.1) is 0 Å². The summed E-state index contributed by atoms with van der Waals surface area (Å²) < 4.78 is 0. The fraction of sp³-hybridized carbons (Fsp3) is 0.929. The maximum absolute atomic E-state index is 11.6. The SMILES string of the molecule is CCCC1CCN(C(CN)CC(=O)NCC)CC1. The van der Waals surface area contributed by atoms with Gasteiger partial charge in [0, 0.05) is 25.6 Å². The van der Waals surface area contributed by atoms with Crippen molar-refractivity contribution in [2.45, 2.75) is 52.0 Å². The largest absolute Gasteiger partial charge is 0.356 e. The molecular weight excluding hydrogens is 226 g/mol. The molecule has 0 saturated carbocycles. The Balaban J connectivity index is 2.35. The molecule has 3 N–H and O–H groups in total. The zero-order chi connectivity index (χ0) is 13.4. The Bertz CT molecular complexity index is 237. The van der Waals surface area contributed by atoms with E-state index in [0.717, 1.165) is 19.0 Å². The number of nitrogens with zero attached hydrogens (tertiary/aromatic N) is 1. The van der Waals surface area contributed by atoms with E-state index in [1.807, 2.05) is 6.92 Å². The van der Waals surface area contributed by atoms with Crippen molar-refractivity contribution in [2.24, 2.45) is 11.7 Å². The number of rotatable bonds is 7. The van der Waals surface area contributed by atoms with Gasteiger partial charge in [0.25, 0.3) is 0 Å². The third kappa shape index (κ3) is 4.94. The summed E-state index contributed by atoms with van der Waals surface area (Å²) in [5.74, 6) is 1.01. The minimum atomic E-state index is 0.128. The molecule has 1 atom stereocenters. The van der Waals surface area contributed by atoms with Crippen molar-refractivity contribution in [3.05, 3.63) is 0 Å². The highest BCUT2D eigenvalue weighted by molar-refractivity contribution is 5.76. The van der Waals surface area contributed by atoms with E-state index >= 15 is 0 Å². The summed E-state index contributed by atoms with van der Waals surface area (Å²) in [4.78, 5) is 14.0. The Morgan fingerprint density at radius 1 is 1.39 bits per heavy atom. The van der Waals surface area contributed by atoms with Crippen LogP contribution in [0.15, 0.2) is 0 Å². The monoisotopic (exact) mass is 255 g/mol. The molecule has 0 aromatic carbocycles. The van der Waals surface area contributed by atoms with Gasteiger partial charge in [-0.05, 0) is 38.8 Å². The summed E-state index contributed by atoms with van der Waals surface area (Å²) in [5, 5.41) is 2.86. The molecule has 4 heteroatoms. The van der Waals surface area contributed by atoms with E-state index in [4.69, 9.17) is 5.73 Å². The smallest absolute Gasteiger partial charge is 0.221 e. The van der Waals surface area contributed by atoms with Gasteiger partial charge in [-0.3, -0.25) is 9.69 Å². The number of hydrogen-bond donors (Lipinski definition) is 2. The average molecular weight is 255 g/mol. The third-order valence-electron chi connectivity index (χ3n) is 3.93. The molecule has 1 saturated heterocycles. The fourth-order valence-corrected chi connectivity index (χ4v) is 2.86. The zero-order valence-corrected chi connectivity index (χ0v) is 12.0. The van der Waals surface area contributed by atoms with Crippen LogP contribution in [0.4, 0.5) is 0 Å². The first-order valence-corrected chi connectivity index (χ1v) is 7.42. The third-order valence-corrected chi connectivity index (χ3v) is 3.93. The molecule has 1 aliphatic heterocycles. The number of hydrogen-bond acceptors (Lipinski definition) is 3. The lowest BCUT2D eigenvalue weighted by Gasteiger charge is -2.37. The van der Waals surface area contributed by atoms with E-state index in [2.05, 4.69) is 17.1 Å². The van der Waals surface area contributed by atoms with Crippen LogP contribution in [0.3, 0.4) is 0 Å². The molecule has 1 aliphatic rings. The second-order valence-corrected chi connectivity index (χ2v) is 5.32. The maximum atomic E-state index is 11.6. The van der Waals surface area contributed by atoms with Gasteiger partial charge in [0.15, 0.2) is 0 Å². The minimum absolute atomic E-state index is 0.128.